The van der Waals surface area contributed by atoms with E-state index >= 15 is 0 Å². The predicted molar refractivity (Wildman–Crippen MR) is 53.3 cm³/mol. The molecule has 0 aromatic heterocycles. The first-order valence-electron chi connectivity index (χ1n) is 4.55. The lowest BCUT2D eigenvalue weighted by molar-refractivity contribution is -0.870. The van der Waals surface area contributed by atoms with E-state index in [0.29, 0.717) is 6.61 Å². The van der Waals surface area contributed by atoms with Crippen LogP contribution in [-0.2, 0) is 9.53 Å². The number of nitrogens with zero attached hydrogens (tertiary/aromatic N) is 1. The second-order valence-corrected chi connectivity index (χ2v) is 4.03. The maximum atomic E-state index is 10.9. The van der Waals surface area contributed by atoms with Gasteiger partial charge in [0, 0.05) is 12.5 Å². The van der Waals surface area contributed by atoms with Crippen molar-refractivity contribution in [1.29, 1.82) is 0 Å². The zero-order valence-electron chi connectivity index (χ0n) is 9.42. The molecule has 0 aliphatic heterocycles. The molecule has 0 fully saturated rings. The van der Waals surface area contributed by atoms with Crippen molar-refractivity contribution in [3.8, 4) is 0 Å². The Morgan fingerprint density at radius 2 is 1.93 bits per heavy atom. The van der Waals surface area contributed by atoms with Gasteiger partial charge in [-0.3, -0.25) is 0 Å². The average Bonchev–Trinajstić information content (AvgIpc) is 1.97. The molecule has 14 heavy (non-hydrogen) atoms. The molecule has 3 nitrogen and oxygen atoms in total. The van der Waals surface area contributed by atoms with Gasteiger partial charge in [-0.15, -0.1) is 0 Å². The maximum Gasteiger partial charge on any atom is 0.330 e. The fourth-order valence-electron chi connectivity index (χ4n) is 0.896. The molecular formula is C10H20BrNO2. The highest BCUT2D eigenvalue weighted by molar-refractivity contribution is 5.81. The lowest BCUT2D eigenvalue weighted by Crippen LogP contribution is -3.00. The third-order valence-electron chi connectivity index (χ3n) is 1.52. The van der Waals surface area contributed by atoms with E-state index in [1.54, 1.807) is 13.0 Å². The van der Waals surface area contributed by atoms with E-state index in [9.17, 15) is 4.79 Å². The third kappa shape index (κ3) is 11.6. The quantitative estimate of drug-likeness (QED) is 0.254. The van der Waals surface area contributed by atoms with Gasteiger partial charge in [-0.2, -0.15) is 0 Å². The number of quaternary nitrogens is 1. The molecule has 84 valence electrons. The van der Waals surface area contributed by atoms with Crippen LogP contribution in [0.4, 0.5) is 0 Å². The molecule has 0 aliphatic rings. The van der Waals surface area contributed by atoms with E-state index in [1.807, 2.05) is 0 Å². The minimum atomic E-state index is -0.246. The van der Waals surface area contributed by atoms with Crippen LogP contribution in [0.3, 0.4) is 0 Å². The molecule has 0 bridgehead atoms. The number of halogens is 1. The molecular weight excluding hydrogens is 246 g/mol. The van der Waals surface area contributed by atoms with Crippen molar-refractivity contribution in [1.82, 2.24) is 0 Å². The van der Waals surface area contributed by atoms with E-state index in [1.165, 1.54) is 6.08 Å². The Morgan fingerprint density at radius 3 is 2.36 bits per heavy atom. The van der Waals surface area contributed by atoms with Crippen LogP contribution in [0, 0.1) is 0 Å². The first-order valence-corrected chi connectivity index (χ1v) is 4.55. The van der Waals surface area contributed by atoms with Crippen molar-refractivity contribution in [3.63, 3.8) is 0 Å². The van der Waals surface area contributed by atoms with Crippen LogP contribution < -0.4 is 17.0 Å². The number of carbonyl (C=O) groups excluding carboxylic acids is 1. The van der Waals surface area contributed by atoms with Gasteiger partial charge in [0.15, 0.2) is 0 Å². The van der Waals surface area contributed by atoms with Gasteiger partial charge in [0.05, 0.1) is 34.3 Å². The van der Waals surface area contributed by atoms with Gasteiger partial charge in [0.25, 0.3) is 0 Å². The van der Waals surface area contributed by atoms with Crippen molar-refractivity contribution in [2.75, 3.05) is 34.3 Å². The Hall–Kier alpha value is -0.350. The fourth-order valence-corrected chi connectivity index (χ4v) is 0.896. The highest BCUT2D eigenvalue weighted by atomic mass is 79.9. The summed E-state index contributed by atoms with van der Waals surface area (Å²) in [5.41, 5.74) is 0. The highest BCUT2D eigenvalue weighted by Gasteiger charge is 2.06. The largest absolute Gasteiger partial charge is 1.00 e. The molecule has 0 spiro atoms. The third-order valence-corrected chi connectivity index (χ3v) is 1.52. The lowest BCUT2D eigenvalue weighted by atomic mass is 10.4. The minimum absolute atomic E-state index is 0. The van der Waals surface area contributed by atoms with Crippen LogP contribution in [-0.4, -0.2) is 44.7 Å². The first kappa shape index (κ1) is 16.1. The van der Waals surface area contributed by atoms with E-state index < -0.39 is 0 Å². The molecule has 0 aliphatic carbocycles. The summed E-state index contributed by atoms with van der Waals surface area (Å²) in [6.07, 6.45) is 4.03. The predicted octanol–water partition coefficient (Wildman–Crippen LogP) is -1.79. The van der Waals surface area contributed by atoms with Crippen molar-refractivity contribution in [2.45, 2.75) is 13.3 Å². The van der Waals surface area contributed by atoms with Gasteiger partial charge in [-0.05, 0) is 6.92 Å². The molecule has 0 amide bonds. The summed E-state index contributed by atoms with van der Waals surface area (Å²) in [7, 11) is 6.36. The van der Waals surface area contributed by atoms with Gasteiger partial charge in [0.1, 0.15) is 0 Å². The van der Waals surface area contributed by atoms with Crippen LogP contribution in [0.2, 0.25) is 0 Å². The molecule has 0 heterocycles. The number of carbonyl (C=O) groups is 1. The topological polar surface area (TPSA) is 26.3 Å². The molecule has 0 radical (unpaired) electrons. The molecule has 0 saturated heterocycles. The molecule has 0 aromatic carbocycles. The summed E-state index contributed by atoms with van der Waals surface area (Å²) in [6.45, 7) is 3.33. The molecule has 0 atom stereocenters. The summed E-state index contributed by atoms with van der Waals surface area (Å²) >= 11 is 0. The smallest absolute Gasteiger partial charge is 0.330 e. The van der Waals surface area contributed by atoms with E-state index in [2.05, 4.69) is 21.1 Å². The first-order chi connectivity index (χ1) is 5.95. The van der Waals surface area contributed by atoms with E-state index in [4.69, 9.17) is 4.74 Å². The van der Waals surface area contributed by atoms with Gasteiger partial charge >= 0.3 is 5.97 Å². The van der Waals surface area contributed by atoms with Crippen molar-refractivity contribution >= 4 is 5.97 Å². The van der Waals surface area contributed by atoms with Crippen LogP contribution in [0.1, 0.15) is 13.3 Å². The molecule has 4 heteroatoms. The summed E-state index contributed by atoms with van der Waals surface area (Å²) in [5, 5.41) is 0. The zero-order chi connectivity index (χ0) is 10.3. The zero-order valence-corrected chi connectivity index (χ0v) is 11.0. The van der Waals surface area contributed by atoms with Crippen LogP contribution >= 0.6 is 0 Å². The van der Waals surface area contributed by atoms with Crippen LogP contribution in [0.25, 0.3) is 0 Å². The molecule has 0 aromatic rings. The highest BCUT2D eigenvalue weighted by Crippen LogP contribution is 1.94. The minimum Gasteiger partial charge on any atom is -1.00 e. The Morgan fingerprint density at radius 1 is 1.36 bits per heavy atom. The monoisotopic (exact) mass is 265 g/mol. The maximum absolute atomic E-state index is 10.9. The summed E-state index contributed by atoms with van der Waals surface area (Å²) in [4.78, 5) is 10.9. The molecule has 0 unspecified atom stereocenters. The Labute approximate surface area is 97.1 Å². The van der Waals surface area contributed by atoms with Gasteiger partial charge in [-0.25, -0.2) is 4.79 Å². The van der Waals surface area contributed by atoms with E-state index in [-0.39, 0.29) is 23.0 Å². The summed E-state index contributed by atoms with van der Waals surface area (Å²) < 4.78 is 5.85. The average molecular weight is 266 g/mol. The normalized spacial score (nSPS) is 11.1. The molecule has 0 N–H and O–H groups in total. The van der Waals surface area contributed by atoms with Gasteiger partial charge in [0.2, 0.25) is 0 Å². The SMILES string of the molecule is CC=CC(=O)OCCC[N+](C)(C)C.[Br-]. The molecule has 0 rings (SSSR count). The van der Waals surface area contributed by atoms with Gasteiger partial charge < -0.3 is 26.2 Å². The second kappa shape index (κ2) is 8.00. The second-order valence-electron chi connectivity index (χ2n) is 4.03. The fraction of sp³-hybridized carbons (Fsp3) is 0.700. The van der Waals surface area contributed by atoms with Gasteiger partial charge in [-0.1, -0.05) is 6.08 Å². The standard InChI is InChI=1S/C10H20NO2.BrH/c1-5-7-10(12)13-9-6-8-11(2,3)4;/h5,7H,6,8-9H2,1-4H3;1H/q+1;/p-1. The summed E-state index contributed by atoms with van der Waals surface area (Å²) in [5.74, 6) is -0.246. The number of hydrogen-bond acceptors (Lipinski definition) is 2. The lowest BCUT2D eigenvalue weighted by Gasteiger charge is -2.23. The van der Waals surface area contributed by atoms with Crippen molar-refractivity contribution in [2.24, 2.45) is 0 Å². The Kier molecular flexibility index (Phi) is 9.20. The Balaban J connectivity index is 0. The van der Waals surface area contributed by atoms with Crippen molar-refractivity contribution < 1.29 is 31.0 Å². The molecule has 0 saturated carbocycles. The Bertz CT molecular complexity index is 185. The number of hydrogen-bond donors (Lipinski definition) is 0. The number of allylic oxidation sites excluding steroid dienone is 1. The summed E-state index contributed by atoms with van der Waals surface area (Å²) in [6, 6.07) is 0. The number of ether oxygens (including phenoxy) is 1. The number of rotatable bonds is 5. The van der Waals surface area contributed by atoms with Crippen molar-refractivity contribution in [3.05, 3.63) is 12.2 Å². The van der Waals surface area contributed by atoms with Crippen LogP contribution in [0.5, 0.6) is 0 Å². The number of esters is 1. The van der Waals surface area contributed by atoms with Crippen LogP contribution in [0.15, 0.2) is 12.2 Å². The van der Waals surface area contributed by atoms with E-state index in [0.717, 1.165) is 17.4 Å².